The first-order chi connectivity index (χ1) is 11.6. The largest absolute Gasteiger partial charge is 0.352 e. The van der Waals surface area contributed by atoms with Gasteiger partial charge >= 0.3 is 0 Å². The fraction of sp³-hybridized carbons (Fsp3) is 0.278. The Bertz CT molecular complexity index is 826. The molecule has 1 N–H and O–H groups in total. The minimum absolute atomic E-state index is 0.514. The van der Waals surface area contributed by atoms with Gasteiger partial charge in [0, 0.05) is 29.9 Å². The van der Waals surface area contributed by atoms with Crippen LogP contribution in [0.1, 0.15) is 22.8 Å². The van der Waals surface area contributed by atoms with Gasteiger partial charge in [0.05, 0.1) is 11.9 Å². The Kier molecular flexibility index (Phi) is 4.74. The molecule has 24 heavy (non-hydrogen) atoms. The van der Waals surface area contributed by atoms with E-state index in [1.54, 1.807) is 6.20 Å². The van der Waals surface area contributed by atoms with Crippen LogP contribution >= 0.6 is 0 Å². The first-order valence-electron chi connectivity index (χ1n) is 7.92. The van der Waals surface area contributed by atoms with E-state index in [-0.39, 0.29) is 0 Å². The number of nitrogens with zero attached hydrogens (tertiary/aromatic N) is 5. The third-order valence-electron chi connectivity index (χ3n) is 3.64. The van der Waals surface area contributed by atoms with Crippen molar-refractivity contribution < 1.29 is 0 Å². The molecule has 0 aliphatic rings. The van der Waals surface area contributed by atoms with Crippen molar-refractivity contribution in [3.63, 3.8) is 0 Å². The van der Waals surface area contributed by atoms with Crippen molar-refractivity contribution in [3.8, 4) is 11.3 Å². The van der Waals surface area contributed by atoms with Crippen LogP contribution in [0.5, 0.6) is 0 Å². The zero-order chi connectivity index (χ0) is 16.9. The molecule has 3 aromatic rings. The first-order valence-corrected chi connectivity index (χ1v) is 7.92. The summed E-state index contributed by atoms with van der Waals surface area (Å²) in [4.78, 5) is 13.4. The van der Waals surface area contributed by atoms with Gasteiger partial charge in [-0.3, -0.25) is 0 Å². The number of nitrogens with one attached hydrogen (secondary N) is 1. The van der Waals surface area contributed by atoms with Gasteiger partial charge in [-0.15, -0.1) is 5.10 Å². The van der Waals surface area contributed by atoms with Gasteiger partial charge in [-0.1, -0.05) is 24.3 Å². The molecule has 0 bridgehead atoms. The maximum absolute atomic E-state index is 4.54. The SMILES string of the molecule is Cc1cc(C)nc(CCNc2nncc(-c3ccccc3C)n2)n1. The summed E-state index contributed by atoms with van der Waals surface area (Å²) < 4.78 is 0. The Labute approximate surface area is 141 Å². The lowest BCUT2D eigenvalue weighted by atomic mass is 10.1. The molecule has 0 fully saturated rings. The van der Waals surface area contributed by atoms with Crippen LogP contribution < -0.4 is 5.32 Å². The maximum atomic E-state index is 4.54. The van der Waals surface area contributed by atoms with Gasteiger partial charge in [-0.25, -0.2) is 15.0 Å². The van der Waals surface area contributed by atoms with E-state index in [4.69, 9.17) is 0 Å². The number of anilines is 1. The molecule has 0 saturated carbocycles. The quantitative estimate of drug-likeness (QED) is 0.779. The van der Waals surface area contributed by atoms with E-state index < -0.39 is 0 Å². The Balaban J connectivity index is 1.68. The van der Waals surface area contributed by atoms with Crippen molar-refractivity contribution >= 4 is 5.95 Å². The Morgan fingerprint density at radius 3 is 2.46 bits per heavy atom. The van der Waals surface area contributed by atoms with Gasteiger partial charge in [0.2, 0.25) is 5.95 Å². The third kappa shape index (κ3) is 3.90. The molecule has 0 saturated heterocycles. The molecular formula is C18H20N6. The average molecular weight is 320 g/mol. The molecule has 6 heteroatoms. The Morgan fingerprint density at radius 2 is 1.71 bits per heavy atom. The minimum atomic E-state index is 0.514. The standard InChI is InChI=1S/C18H20N6/c1-12-6-4-5-7-15(12)16-11-20-24-18(23-16)19-9-8-17-21-13(2)10-14(3)22-17/h4-7,10-11H,8-9H2,1-3H3,(H,19,23,24). The molecule has 2 heterocycles. The van der Waals surface area contributed by atoms with Crippen molar-refractivity contribution in [2.24, 2.45) is 0 Å². The molecule has 0 aliphatic carbocycles. The second kappa shape index (κ2) is 7.12. The number of hydrogen-bond acceptors (Lipinski definition) is 6. The Morgan fingerprint density at radius 1 is 0.958 bits per heavy atom. The molecule has 0 atom stereocenters. The molecule has 3 rings (SSSR count). The summed E-state index contributed by atoms with van der Waals surface area (Å²) >= 11 is 0. The topological polar surface area (TPSA) is 76.5 Å². The van der Waals surface area contributed by atoms with E-state index in [1.807, 2.05) is 38.1 Å². The third-order valence-corrected chi connectivity index (χ3v) is 3.64. The molecule has 122 valence electrons. The molecule has 0 spiro atoms. The van der Waals surface area contributed by atoms with Crippen LogP contribution in [-0.2, 0) is 6.42 Å². The average Bonchev–Trinajstić information content (AvgIpc) is 2.55. The molecule has 0 radical (unpaired) electrons. The second-order valence-corrected chi connectivity index (χ2v) is 5.72. The molecule has 0 aliphatic heterocycles. The Hall–Kier alpha value is -2.89. The van der Waals surface area contributed by atoms with Crippen LogP contribution in [0.3, 0.4) is 0 Å². The van der Waals surface area contributed by atoms with E-state index in [1.165, 1.54) is 0 Å². The van der Waals surface area contributed by atoms with E-state index >= 15 is 0 Å². The van der Waals surface area contributed by atoms with E-state index in [0.29, 0.717) is 18.9 Å². The number of aromatic nitrogens is 5. The van der Waals surface area contributed by atoms with Gasteiger partial charge in [-0.05, 0) is 32.4 Å². The van der Waals surface area contributed by atoms with Crippen LogP contribution in [0.2, 0.25) is 0 Å². The predicted molar refractivity (Wildman–Crippen MR) is 93.7 cm³/mol. The summed E-state index contributed by atoms with van der Waals surface area (Å²) in [5, 5.41) is 11.3. The van der Waals surface area contributed by atoms with Crippen molar-refractivity contribution in [2.75, 3.05) is 11.9 Å². The highest BCUT2D eigenvalue weighted by atomic mass is 15.2. The zero-order valence-corrected chi connectivity index (χ0v) is 14.1. The number of hydrogen-bond donors (Lipinski definition) is 1. The lowest BCUT2D eigenvalue weighted by molar-refractivity contribution is 0.849. The molecule has 0 unspecified atom stereocenters. The predicted octanol–water partition coefficient (Wildman–Crippen LogP) is 2.91. The van der Waals surface area contributed by atoms with Gasteiger partial charge < -0.3 is 5.32 Å². The summed E-state index contributed by atoms with van der Waals surface area (Å²) in [5.74, 6) is 1.34. The van der Waals surface area contributed by atoms with E-state index in [0.717, 1.165) is 34.0 Å². The highest BCUT2D eigenvalue weighted by Crippen LogP contribution is 2.20. The van der Waals surface area contributed by atoms with Crippen molar-refractivity contribution in [1.82, 2.24) is 25.1 Å². The summed E-state index contributed by atoms with van der Waals surface area (Å²) in [6.07, 6.45) is 2.39. The van der Waals surface area contributed by atoms with Crippen molar-refractivity contribution in [3.05, 3.63) is 59.3 Å². The summed E-state index contributed by atoms with van der Waals surface area (Å²) in [7, 11) is 0. The number of benzene rings is 1. The molecular weight excluding hydrogens is 300 g/mol. The number of rotatable bonds is 5. The fourth-order valence-electron chi connectivity index (χ4n) is 2.57. The normalized spacial score (nSPS) is 10.6. The summed E-state index contributed by atoms with van der Waals surface area (Å²) in [6.45, 7) is 6.67. The first kappa shape index (κ1) is 16.0. The molecule has 2 aromatic heterocycles. The van der Waals surface area contributed by atoms with Gasteiger partial charge in [0.1, 0.15) is 5.82 Å². The highest BCUT2D eigenvalue weighted by molar-refractivity contribution is 5.63. The van der Waals surface area contributed by atoms with E-state index in [2.05, 4.69) is 43.5 Å². The van der Waals surface area contributed by atoms with Crippen LogP contribution in [0.25, 0.3) is 11.3 Å². The van der Waals surface area contributed by atoms with Gasteiger partial charge in [0.15, 0.2) is 0 Å². The zero-order valence-electron chi connectivity index (χ0n) is 14.1. The van der Waals surface area contributed by atoms with E-state index in [9.17, 15) is 0 Å². The van der Waals surface area contributed by atoms with Crippen molar-refractivity contribution in [2.45, 2.75) is 27.2 Å². The molecule has 1 aromatic carbocycles. The molecule has 0 amide bonds. The lowest BCUT2D eigenvalue weighted by Crippen LogP contribution is -2.11. The van der Waals surface area contributed by atoms with Crippen LogP contribution in [-0.4, -0.2) is 31.7 Å². The number of aryl methyl sites for hydroxylation is 3. The smallest absolute Gasteiger partial charge is 0.243 e. The van der Waals surface area contributed by atoms with Crippen molar-refractivity contribution in [1.29, 1.82) is 0 Å². The lowest BCUT2D eigenvalue weighted by Gasteiger charge is -2.07. The van der Waals surface area contributed by atoms with Gasteiger partial charge in [-0.2, -0.15) is 5.10 Å². The maximum Gasteiger partial charge on any atom is 0.243 e. The second-order valence-electron chi connectivity index (χ2n) is 5.72. The summed E-state index contributed by atoms with van der Waals surface area (Å²) in [5.41, 5.74) is 5.00. The fourth-order valence-corrected chi connectivity index (χ4v) is 2.57. The monoisotopic (exact) mass is 320 g/mol. The highest BCUT2D eigenvalue weighted by Gasteiger charge is 2.06. The van der Waals surface area contributed by atoms with Gasteiger partial charge in [0.25, 0.3) is 0 Å². The minimum Gasteiger partial charge on any atom is -0.352 e. The van der Waals surface area contributed by atoms with Crippen LogP contribution in [0.15, 0.2) is 36.5 Å². The molecule has 6 nitrogen and oxygen atoms in total. The van der Waals surface area contributed by atoms with Crippen LogP contribution in [0.4, 0.5) is 5.95 Å². The van der Waals surface area contributed by atoms with Crippen LogP contribution in [0, 0.1) is 20.8 Å². The summed E-state index contributed by atoms with van der Waals surface area (Å²) in [6, 6.07) is 10.1.